The molecular weight excluding hydrogens is 352 g/mol. The van der Waals surface area contributed by atoms with E-state index < -0.39 is 0 Å². The monoisotopic (exact) mass is 374 g/mol. The number of rotatable bonds is 7. The Balaban J connectivity index is 1.49. The third kappa shape index (κ3) is 4.83. The van der Waals surface area contributed by atoms with Gasteiger partial charge in [0.05, 0.1) is 19.8 Å². The quantitative estimate of drug-likeness (QED) is 0.807. The molecule has 0 spiro atoms. The fourth-order valence-corrected chi connectivity index (χ4v) is 3.48. The number of aryl methyl sites for hydroxylation is 1. The topological polar surface area (TPSA) is 67.9 Å². The summed E-state index contributed by atoms with van der Waals surface area (Å²) in [6.45, 7) is 0.821. The zero-order valence-electron chi connectivity index (χ0n) is 14.6. The maximum absolute atomic E-state index is 12.2. The molecule has 1 fully saturated rings. The highest BCUT2D eigenvalue weighted by atomic mass is 32.1. The predicted octanol–water partition coefficient (Wildman–Crippen LogP) is 2.24. The van der Waals surface area contributed by atoms with Crippen molar-refractivity contribution in [2.75, 3.05) is 31.7 Å². The second-order valence-electron chi connectivity index (χ2n) is 6.02. The molecule has 26 heavy (non-hydrogen) atoms. The van der Waals surface area contributed by atoms with E-state index >= 15 is 0 Å². The molecule has 0 bridgehead atoms. The van der Waals surface area contributed by atoms with E-state index in [9.17, 15) is 9.59 Å². The summed E-state index contributed by atoms with van der Waals surface area (Å²) in [4.78, 5) is 27.0. The number of carbonyl (C=O) groups is 2. The van der Waals surface area contributed by atoms with Gasteiger partial charge in [0.25, 0.3) is 5.91 Å². The van der Waals surface area contributed by atoms with Gasteiger partial charge in [-0.3, -0.25) is 9.59 Å². The highest BCUT2D eigenvalue weighted by molar-refractivity contribution is 7.09. The first kappa shape index (κ1) is 18.4. The van der Waals surface area contributed by atoms with Gasteiger partial charge in [0.2, 0.25) is 5.91 Å². The molecule has 2 aromatic rings. The molecule has 1 aliphatic rings. The summed E-state index contributed by atoms with van der Waals surface area (Å²) < 4.78 is 10.7. The molecule has 2 heterocycles. The molecule has 1 aliphatic heterocycles. The lowest BCUT2D eigenvalue weighted by Crippen LogP contribution is -2.50. The lowest BCUT2D eigenvalue weighted by Gasteiger charge is -2.33. The first-order valence-corrected chi connectivity index (χ1v) is 9.39. The van der Waals surface area contributed by atoms with Crippen LogP contribution in [0, 0.1) is 0 Å². The van der Waals surface area contributed by atoms with Gasteiger partial charge in [-0.1, -0.05) is 6.07 Å². The third-order valence-corrected chi connectivity index (χ3v) is 5.16. The van der Waals surface area contributed by atoms with Gasteiger partial charge in [-0.05, 0) is 42.1 Å². The average Bonchev–Trinajstić information content (AvgIpc) is 3.19. The molecule has 3 rings (SSSR count). The molecule has 0 radical (unpaired) electrons. The first-order chi connectivity index (χ1) is 12.7. The second kappa shape index (κ2) is 8.82. The van der Waals surface area contributed by atoms with Crippen molar-refractivity contribution in [3.8, 4) is 5.75 Å². The van der Waals surface area contributed by atoms with Crippen LogP contribution in [-0.4, -0.2) is 44.7 Å². The summed E-state index contributed by atoms with van der Waals surface area (Å²) in [5.41, 5.74) is 0.799. The number of benzene rings is 1. The molecule has 1 aromatic heterocycles. The van der Waals surface area contributed by atoms with E-state index in [1.165, 1.54) is 4.88 Å². The van der Waals surface area contributed by atoms with Crippen molar-refractivity contribution < 1.29 is 19.1 Å². The molecule has 1 N–H and O–H groups in total. The van der Waals surface area contributed by atoms with Crippen LogP contribution in [0.5, 0.6) is 5.75 Å². The van der Waals surface area contributed by atoms with Gasteiger partial charge in [-0.15, -0.1) is 11.3 Å². The molecule has 0 aliphatic carbocycles. The summed E-state index contributed by atoms with van der Waals surface area (Å²) in [7, 11) is 1.60. The number of morpholine rings is 1. The van der Waals surface area contributed by atoms with E-state index in [1.807, 2.05) is 41.8 Å². The van der Waals surface area contributed by atoms with Gasteiger partial charge in [-0.25, -0.2) is 0 Å². The van der Waals surface area contributed by atoms with Crippen LogP contribution >= 0.6 is 11.3 Å². The van der Waals surface area contributed by atoms with Crippen LogP contribution in [0.1, 0.15) is 11.3 Å². The predicted molar refractivity (Wildman–Crippen MR) is 101 cm³/mol. The minimum Gasteiger partial charge on any atom is -0.497 e. The van der Waals surface area contributed by atoms with E-state index in [4.69, 9.17) is 9.47 Å². The number of ether oxygens (including phenoxy) is 2. The van der Waals surface area contributed by atoms with Gasteiger partial charge in [-0.2, -0.15) is 0 Å². The highest BCUT2D eigenvalue weighted by Gasteiger charge is 2.27. The van der Waals surface area contributed by atoms with Gasteiger partial charge >= 0.3 is 0 Å². The van der Waals surface area contributed by atoms with Crippen molar-refractivity contribution in [2.45, 2.75) is 18.9 Å². The Morgan fingerprint density at radius 1 is 1.35 bits per heavy atom. The van der Waals surface area contributed by atoms with Crippen LogP contribution in [-0.2, 0) is 20.7 Å². The molecule has 2 amide bonds. The highest BCUT2D eigenvalue weighted by Crippen LogP contribution is 2.22. The van der Waals surface area contributed by atoms with E-state index in [0.29, 0.717) is 19.5 Å². The first-order valence-electron chi connectivity index (χ1n) is 8.51. The van der Waals surface area contributed by atoms with Gasteiger partial charge in [0, 0.05) is 23.5 Å². The minimum atomic E-state index is -0.222. The summed E-state index contributed by atoms with van der Waals surface area (Å²) >= 11 is 1.65. The number of carbonyl (C=O) groups excluding carboxylic acids is 2. The Hall–Kier alpha value is -2.38. The van der Waals surface area contributed by atoms with Crippen LogP contribution in [0.15, 0.2) is 41.8 Å². The number of nitrogens with zero attached hydrogens (tertiary/aromatic N) is 1. The van der Waals surface area contributed by atoms with Crippen molar-refractivity contribution in [2.24, 2.45) is 0 Å². The molecular formula is C19H22N2O4S. The maximum atomic E-state index is 12.2. The molecule has 1 aromatic carbocycles. The summed E-state index contributed by atoms with van der Waals surface area (Å²) in [6.07, 6.45) is 0.973. The van der Waals surface area contributed by atoms with Crippen LogP contribution in [0.2, 0.25) is 0 Å². The lowest BCUT2D eigenvalue weighted by molar-refractivity contribution is -0.129. The van der Waals surface area contributed by atoms with E-state index in [0.717, 1.165) is 17.9 Å². The van der Waals surface area contributed by atoms with Gasteiger partial charge in [0.1, 0.15) is 12.4 Å². The number of anilines is 1. The van der Waals surface area contributed by atoms with Crippen LogP contribution in [0.3, 0.4) is 0 Å². The number of methoxy groups -OCH3 is 1. The smallest absolute Gasteiger partial charge is 0.253 e. The molecule has 0 saturated carbocycles. The average molecular weight is 374 g/mol. The fraction of sp³-hybridized carbons (Fsp3) is 0.368. The Kier molecular flexibility index (Phi) is 6.25. The van der Waals surface area contributed by atoms with Crippen molar-refractivity contribution in [3.63, 3.8) is 0 Å². The lowest BCUT2D eigenvalue weighted by atomic mass is 10.2. The standard InChI is InChI=1S/C19H22N2O4S/c1-24-15-6-4-14(5-7-15)21-12-16(25-13-19(21)23)11-20-18(22)9-8-17-3-2-10-26-17/h2-7,10,16H,8-9,11-13H2,1H3,(H,20,22). The zero-order chi connectivity index (χ0) is 18.4. The second-order valence-corrected chi connectivity index (χ2v) is 7.05. The number of hydrogen-bond acceptors (Lipinski definition) is 5. The normalized spacial score (nSPS) is 17.2. The number of thiophene rings is 1. The fourth-order valence-electron chi connectivity index (χ4n) is 2.77. The molecule has 138 valence electrons. The van der Waals surface area contributed by atoms with Gasteiger partial charge < -0.3 is 19.7 Å². The Morgan fingerprint density at radius 2 is 2.15 bits per heavy atom. The van der Waals surface area contributed by atoms with Crippen molar-refractivity contribution >= 4 is 28.8 Å². The Bertz CT molecular complexity index is 731. The van der Waals surface area contributed by atoms with E-state index in [1.54, 1.807) is 23.3 Å². The van der Waals surface area contributed by atoms with Crippen LogP contribution in [0.25, 0.3) is 0 Å². The zero-order valence-corrected chi connectivity index (χ0v) is 15.5. The van der Waals surface area contributed by atoms with Gasteiger partial charge in [0.15, 0.2) is 0 Å². The summed E-state index contributed by atoms with van der Waals surface area (Å²) in [5, 5.41) is 4.91. The molecule has 6 nitrogen and oxygen atoms in total. The Labute approximate surface area is 156 Å². The van der Waals surface area contributed by atoms with Crippen molar-refractivity contribution in [3.05, 3.63) is 46.7 Å². The summed E-state index contributed by atoms with van der Waals surface area (Å²) in [5.74, 6) is 0.648. The third-order valence-electron chi connectivity index (χ3n) is 4.22. The molecule has 7 heteroatoms. The van der Waals surface area contributed by atoms with E-state index in [2.05, 4.69) is 5.32 Å². The van der Waals surface area contributed by atoms with Crippen LogP contribution < -0.4 is 15.0 Å². The largest absolute Gasteiger partial charge is 0.497 e. The Morgan fingerprint density at radius 3 is 2.85 bits per heavy atom. The molecule has 1 atom stereocenters. The van der Waals surface area contributed by atoms with Crippen molar-refractivity contribution in [1.29, 1.82) is 0 Å². The van der Waals surface area contributed by atoms with E-state index in [-0.39, 0.29) is 24.5 Å². The van der Waals surface area contributed by atoms with Crippen molar-refractivity contribution in [1.82, 2.24) is 5.32 Å². The molecule has 1 unspecified atom stereocenters. The number of nitrogens with one attached hydrogen (secondary N) is 1. The maximum Gasteiger partial charge on any atom is 0.253 e. The SMILES string of the molecule is COc1ccc(N2CC(CNC(=O)CCc3cccs3)OCC2=O)cc1. The minimum absolute atomic E-state index is 0.00472. The van der Waals surface area contributed by atoms with Crippen LogP contribution in [0.4, 0.5) is 5.69 Å². The molecule has 1 saturated heterocycles. The summed E-state index contributed by atoms with van der Waals surface area (Å²) in [6, 6.07) is 11.3. The number of hydrogen-bond donors (Lipinski definition) is 1. The number of amides is 2.